The molecule has 1 fully saturated rings. The molecule has 3 heterocycles. The average Bonchev–Trinajstić information content (AvgIpc) is 3.33. The van der Waals surface area contributed by atoms with Crippen molar-refractivity contribution in [1.82, 2.24) is 29.7 Å². The normalized spacial score (nSPS) is 20.4. The topological polar surface area (TPSA) is 229 Å². The van der Waals surface area contributed by atoms with Gasteiger partial charge >= 0.3 is 17.9 Å². The van der Waals surface area contributed by atoms with Crippen LogP contribution in [0.5, 0.6) is 0 Å². The Morgan fingerprint density at radius 2 is 1.70 bits per heavy atom. The molecule has 1 saturated heterocycles. The lowest BCUT2D eigenvalue weighted by Gasteiger charge is -2.23. The highest BCUT2D eigenvalue weighted by Crippen LogP contribution is 2.33. The molecule has 40 heavy (non-hydrogen) atoms. The molecule has 0 aliphatic carbocycles. The molecule has 2 amide bonds. The van der Waals surface area contributed by atoms with Gasteiger partial charge in [0.15, 0.2) is 35.3 Å². The largest absolute Gasteiger partial charge is 0.463 e. The van der Waals surface area contributed by atoms with E-state index in [1.807, 2.05) is 0 Å². The highest BCUT2D eigenvalue weighted by molar-refractivity contribution is 5.98. The second kappa shape index (κ2) is 12.6. The van der Waals surface area contributed by atoms with Crippen LogP contribution in [0.15, 0.2) is 4.79 Å². The van der Waals surface area contributed by atoms with E-state index < -0.39 is 73.0 Å². The lowest BCUT2D eigenvalue weighted by molar-refractivity contribution is -0.166. The molecular weight excluding hydrogens is 536 g/mol. The van der Waals surface area contributed by atoms with Gasteiger partial charge in [-0.05, 0) is 14.1 Å². The lowest BCUT2D eigenvalue weighted by Crippen LogP contribution is -2.42. The molecule has 4 atom stereocenters. The summed E-state index contributed by atoms with van der Waals surface area (Å²) in [6, 6.07) is 0. The number of hydrogen-bond donors (Lipinski definition) is 2. The first-order valence-corrected chi connectivity index (χ1v) is 12.0. The summed E-state index contributed by atoms with van der Waals surface area (Å²) in [6.45, 7) is 2.82. The predicted octanol–water partition coefficient (Wildman–Crippen LogP) is -2.31. The lowest BCUT2D eigenvalue weighted by atomic mass is 10.1. The van der Waals surface area contributed by atoms with E-state index >= 15 is 0 Å². The predicted molar refractivity (Wildman–Crippen MR) is 132 cm³/mol. The van der Waals surface area contributed by atoms with E-state index in [-0.39, 0.29) is 23.3 Å². The van der Waals surface area contributed by atoms with Gasteiger partial charge in [0.2, 0.25) is 11.8 Å². The van der Waals surface area contributed by atoms with Crippen molar-refractivity contribution in [2.45, 2.75) is 58.3 Å². The molecule has 1 aliphatic heterocycles. The van der Waals surface area contributed by atoms with E-state index in [4.69, 9.17) is 24.7 Å². The Bertz CT molecular complexity index is 1370. The Labute approximate surface area is 226 Å². The number of nitrogens with zero attached hydrogens (tertiary/aromatic N) is 6. The van der Waals surface area contributed by atoms with Crippen molar-refractivity contribution in [3.63, 3.8) is 0 Å². The molecule has 18 heteroatoms. The number of nitrogens with one attached hydrogen (secondary N) is 1. The van der Waals surface area contributed by atoms with Gasteiger partial charge in [-0.2, -0.15) is 9.78 Å². The molecule has 2 aromatic heterocycles. The van der Waals surface area contributed by atoms with Crippen LogP contribution in [0.3, 0.4) is 0 Å². The Kier molecular flexibility index (Phi) is 9.48. The van der Waals surface area contributed by atoms with E-state index in [1.54, 1.807) is 19.0 Å². The van der Waals surface area contributed by atoms with Gasteiger partial charge in [0.25, 0.3) is 5.56 Å². The van der Waals surface area contributed by atoms with Gasteiger partial charge in [-0.25, -0.2) is 4.68 Å². The molecule has 0 bridgehead atoms. The quantitative estimate of drug-likeness (QED) is 0.215. The van der Waals surface area contributed by atoms with Crippen LogP contribution in [0.25, 0.3) is 11.0 Å². The highest BCUT2D eigenvalue weighted by Gasteiger charge is 2.51. The van der Waals surface area contributed by atoms with E-state index in [2.05, 4.69) is 20.7 Å². The summed E-state index contributed by atoms with van der Waals surface area (Å²) in [5.74, 6) is -3.63. The number of anilines is 1. The van der Waals surface area contributed by atoms with E-state index in [9.17, 15) is 28.8 Å². The monoisotopic (exact) mass is 566 g/mol. The first kappa shape index (κ1) is 30.1. The van der Waals surface area contributed by atoms with Crippen LogP contribution in [0.2, 0.25) is 0 Å². The fraction of sp³-hybridized carbons (Fsp3) is 0.591. The third-order valence-electron chi connectivity index (χ3n) is 5.51. The first-order chi connectivity index (χ1) is 18.8. The number of carbonyl (C=O) groups excluding carboxylic acids is 5. The summed E-state index contributed by atoms with van der Waals surface area (Å²) in [5.41, 5.74) is 4.00. The molecular formula is C22H30N8O10. The Morgan fingerprint density at radius 3 is 2.27 bits per heavy atom. The Hall–Kier alpha value is -4.45. The SMILES string of the molecule is CC(=O)OCC1OC(n2nnc3c(NC(=O)CCN(C)C)nn(CC(N)=O)c3c2=O)C(OC(C)=O)C1OC(C)=O. The van der Waals surface area contributed by atoms with Gasteiger partial charge in [0.1, 0.15) is 19.3 Å². The fourth-order valence-electron chi connectivity index (χ4n) is 3.92. The third-order valence-corrected chi connectivity index (χ3v) is 5.51. The van der Waals surface area contributed by atoms with Crippen LogP contribution in [-0.2, 0) is 49.5 Å². The van der Waals surface area contributed by atoms with Crippen molar-refractivity contribution in [2.75, 3.05) is 32.6 Å². The minimum Gasteiger partial charge on any atom is -0.463 e. The molecule has 0 radical (unpaired) electrons. The number of carbonyl (C=O) groups is 5. The van der Waals surface area contributed by atoms with Crippen LogP contribution in [-0.4, -0.2) is 105 Å². The van der Waals surface area contributed by atoms with Crippen molar-refractivity contribution in [3.05, 3.63) is 10.4 Å². The van der Waals surface area contributed by atoms with E-state index in [1.165, 1.54) is 0 Å². The van der Waals surface area contributed by atoms with Gasteiger partial charge < -0.3 is 34.9 Å². The number of hydrogen-bond acceptors (Lipinski definition) is 14. The van der Waals surface area contributed by atoms with Crippen molar-refractivity contribution in [3.8, 4) is 0 Å². The number of nitrogens with two attached hydrogens (primary N) is 1. The zero-order chi connectivity index (χ0) is 29.7. The summed E-state index contributed by atoms with van der Waals surface area (Å²) in [5, 5.41) is 14.5. The van der Waals surface area contributed by atoms with Gasteiger partial charge in [0.05, 0.1) is 0 Å². The third kappa shape index (κ3) is 7.14. The van der Waals surface area contributed by atoms with Crippen LogP contribution in [0.1, 0.15) is 33.4 Å². The summed E-state index contributed by atoms with van der Waals surface area (Å²) >= 11 is 0. The molecule has 3 N–H and O–H groups in total. The van der Waals surface area contributed by atoms with E-state index in [0.29, 0.717) is 11.2 Å². The minimum absolute atomic E-state index is 0.100. The van der Waals surface area contributed by atoms with E-state index in [0.717, 1.165) is 25.5 Å². The van der Waals surface area contributed by atoms with Crippen molar-refractivity contribution < 1.29 is 42.9 Å². The molecule has 4 unspecified atom stereocenters. The highest BCUT2D eigenvalue weighted by atomic mass is 16.7. The molecule has 0 saturated carbocycles. The van der Waals surface area contributed by atoms with Crippen LogP contribution in [0.4, 0.5) is 5.82 Å². The number of fused-ring (bicyclic) bond motifs is 1. The molecule has 0 aromatic carbocycles. The Balaban J connectivity index is 2.09. The standard InChI is InChI=1S/C22H30N8O10/c1-10(31)37-9-13-18(38-11(2)32)19(39-12(3)33)22(40-13)30-21(36)17-16(25-27-30)20(26-29(17)8-14(23)34)24-15(35)6-7-28(4)5/h13,18-19,22H,6-9H2,1-5H3,(H2,23,34)(H,24,26,35). The van der Waals surface area contributed by atoms with Crippen LogP contribution in [0, 0.1) is 0 Å². The van der Waals surface area contributed by atoms with Gasteiger partial charge in [-0.3, -0.25) is 28.8 Å². The minimum atomic E-state index is -1.51. The zero-order valence-electron chi connectivity index (χ0n) is 22.5. The first-order valence-electron chi connectivity index (χ1n) is 12.0. The summed E-state index contributed by atoms with van der Waals surface area (Å²) < 4.78 is 23.1. The van der Waals surface area contributed by atoms with Crippen molar-refractivity contribution in [2.24, 2.45) is 5.73 Å². The number of primary amides is 1. The summed E-state index contributed by atoms with van der Waals surface area (Å²) in [6.07, 6.45) is -5.27. The smallest absolute Gasteiger partial charge is 0.303 e. The molecule has 1 aliphatic rings. The molecule has 218 valence electrons. The summed E-state index contributed by atoms with van der Waals surface area (Å²) in [4.78, 5) is 74.7. The van der Waals surface area contributed by atoms with Gasteiger partial charge in [0, 0.05) is 33.7 Å². The molecule has 0 spiro atoms. The molecule has 2 aromatic rings. The van der Waals surface area contributed by atoms with Crippen molar-refractivity contribution in [1.29, 1.82) is 0 Å². The number of ether oxygens (including phenoxy) is 4. The molecule has 18 nitrogen and oxygen atoms in total. The maximum atomic E-state index is 13.7. The number of amides is 2. The van der Waals surface area contributed by atoms with Gasteiger partial charge in [-0.15, -0.1) is 5.10 Å². The number of aromatic nitrogens is 5. The maximum Gasteiger partial charge on any atom is 0.303 e. The van der Waals surface area contributed by atoms with Gasteiger partial charge in [-0.1, -0.05) is 5.21 Å². The van der Waals surface area contributed by atoms with Crippen molar-refractivity contribution >= 4 is 46.6 Å². The number of rotatable bonds is 11. The second-order valence-corrected chi connectivity index (χ2v) is 9.13. The van der Waals surface area contributed by atoms with Crippen LogP contribution < -0.4 is 16.6 Å². The summed E-state index contributed by atoms with van der Waals surface area (Å²) in [7, 11) is 3.57. The zero-order valence-corrected chi connectivity index (χ0v) is 22.5. The second-order valence-electron chi connectivity index (χ2n) is 9.13. The van der Waals surface area contributed by atoms with Crippen LogP contribution >= 0.6 is 0 Å². The maximum absolute atomic E-state index is 13.7. The Morgan fingerprint density at radius 1 is 1.05 bits per heavy atom. The average molecular weight is 567 g/mol. The molecule has 3 rings (SSSR count). The fourth-order valence-corrected chi connectivity index (χ4v) is 3.92. The number of esters is 3.